The van der Waals surface area contributed by atoms with Crippen LogP contribution in [0.1, 0.15) is 26.3 Å². The van der Waals surface area contributed by atoms with E-state index in [4.69, 9.17) is 0 Å². The lowest BCUT2D eigenvalue weighted by atomic mass is 10.2. The van der Waals surface area contributed by atoms with Gasteiger partial charge in [0.2, 0.25) is 8.07 Å². The second kappa shape index (κ2) is 7.13. The summed E-state index contributed by atoms with van der Waals surface area (Å²) < 4.78 is 0. The third-order valence-corrected chi connectivity index (χ3v) is 9.86. The topological polar surface area (TPSA) is 0 Å². The van der Waals surface area contributed by atoms with Crippen molar-refractivity contribution in [2.45, 2.75) is 25.8 Å². The Labute approximate surface area is 152 Å². The lowest BCUT2D eigenvalue weighted by Gasteiger charge is -2.39. The molecular formula is C24H24Si. The monoisotopic (exact) mass is 340 g/mol. The van der Waals surface area contributed by atoms with Gasteiger partial charge in [0.1, 0.15) is 0 Å². The summed E-state index contributed by atoms with van der Waals surface area (Å²) in [7, 11) is -2.29. The fraction of sp³-hybridized carbons (Fsp3) is 0.167. The summed E-state index contributed by atoms with van der Waals surface area (Å²) in [4.78, 5) is 0. The predicted molar refractivity (Wildman–Crippen MR) is 111 cm³/mol. The first kappa shape index (κ1) is 17.3. The minimum absolute atomic E-state index is 0.0670. The van der Waals surface area contributed by atoms with Gasteiger partial charge in [0.05, 0.1) is 0 Å². The SMILES string of the molecule is CC(C)(C)[Si](C#Cc1ccccc1)(c1ccccc1)c1ccccc1. The Bertz CT molecular complexity index is 824. The molecule has 0 aliphatic heterocycles. The fourth-order valence-corrected chi connectivity index (χ4v) is 7.87. The minimum atomic E-state index is -2.29. The highest BCUT2D eigenvalue weighted by molar-refractivity contribution is 7.10. The first-order valence-corrected chi connectivity index (χ1v) is 10.7. The van der Waals surface area contributed by atoms with E-state index >= 15 is 0 Å². The zero-order valence-electron chi connectivity index (χ0n) is 15.2. The molecule has 0 heterocycles. The molecule has 0 N–H and O–H groups in total. The standard InChI is InChI=1S/C24H24Si/c1-24(2,3)25(22-15-9-5-10-16-22,23-17-11-6-12-18-23)20-19-21-13-7-4-8-14-21/h4-18H,1-3H3. The summed E-state index contributed by atoms with van der Waals surface area (Å²) in [6, 6.07) is 32.0. The first-order valence-electron chi connectivity index (χ1n) is 8.73. The number of benzene rings is 3. The molecule has 0 saturated heterocycles. The summed E-state index contributed by atoms with van der Waals surface area (Å²) in [6.07, 6.45) is 0. The van der Waals surface area contributed by atoms with E-state index in [0.29, 0.717) is 0 Å². The Morgan fingerprint density at radius 1 is 0.600 bits per heavy atom. The molecule has 3 aromatic carbocycles. The van der Waals surface area contributed by atoms with Crippen molar-refractivity contribution in [1.82, 2.24) is 0 Å². The normalized spacial score (nSPS) is 11.5. The van der Waals surface area contributed by atoms with Gasteiger partial charge in [-0.05, 0) is 27.5 Å². The van der Waals surface area contributed by atoms with Crippen molar-refractivity contribution < 1.29 is 0 Å². The van der Waals surface area contributed by atoms with Gasteiger partial charge in [0.25, 0.3) is 0 Å². The summed E-state index contributed by atoms with van der Waals surface area (Å²) >= 11 is 0. The third-order valence-electron chi connectivity index (χ3n) is 4.71. The van der Waals surface area contributed by atoms with Crippen molar-refractivity contribution in [2.75, 3.05) is 0 Å². The van der Waals surface area contributed by atoms with Crippen molar-refractivity contribution in [3.63, 3.8) is 0 Å². The molecule has 0 nitrogen and oxygen atoms in total. The average Bonchev–Trinajstić information content (AvgIpc) is 2.64. The maximum atomic E-state index is 3.81. The van der Waals surface area contributed by atoms with Gasteiger partial charge in [0.15, 0.2) is 0 Å². The summed E-state index contributed by atoms with van der Waals surface area (Å²) in [5.41, 5.74) is 4.89. The molecular weight excluding hydrogens is 316 g/mol. The molecule has 0 aromatic heterocycles. The first-order chi connectivity index (χ1) is 12.0. The molecule has 3 rings (SSSR count). The van der Waals surface area contributed by atoms with Crippen LogP contribution in [-0.2, 0) is 0 Å². The second-order valence-corrected chi connectivity index (χ2v) is 11.8. The third kappa shape index (κ3) is 3.45. The predicted octanol–water partition coefficient (Wildman–Crippen LogP) is 4.64. The van der Waals surface area contributed by atoms with E-state index in [1.807, 2.05) is 6.07 Å². The molecule has 0 aliphatic carbocycles. The molecule has 0 aliphatic rings. The van der Waals surface area contributed by atoms with Gasteiger partial charge in [-0.25, -0.2) is 0 Å². The van der Waals surface area contributed by atoms with Crippen molar-refractivity contribution in [3.05, 3.63) is 96.6 Å². The van der Waals surface area contributed by atoms with Crippen LogP contribution < -0.4 is 10.4 Å². The van der Waals surface area contributed by atoms with Gasteiger partial charge in [-0.3, -0.25) is 0 Å². The Hall–Kier alpha value is -2.56. The van der Waals surface area contributed by atoms with Gasteiger partial charge in [0, 0.05) is 5.56 Å². The molecule has 0 saturated carbocycles. The molecule has 124 valence electrons. The van der Waals surface area contributed by atoms with Crippen LogP contribution in [0.25, 0.3) is 0 Å². The molecule has 0 radical (unpaired) electrons. The molecule has 0 unspecified atom stereocenters. The Morgan fingerprint density at radius 3 is 1.40 bits per heavy atom. The number of rotatable bonds is 2. The molecule has 0 amide bonds. The summed E-state index contributed by atoms with van der Waals surface area (Å²) in [5.74, 6) is 3.50. The van der Waals surface area contributed by atoms with Crippen LogP contribution >= 0.6 is 0 Å². The maximum absolute atomic E-state index is 3.81. The maximum Gasteiger partial charge on any atom is 0.204 e. The lowest BCUT2D eigenvalue weighted by Crippen LogP contribution is -2.63. The van der Waals surface area contributed by atoms with E-state index in [-0.39, 0.29) is 5.04 Å². The number of hydrogen-bond acceptors (Lipinski definition) is 0. The highest BCUT2D eigenvalue weighted by Gasteiger charge is 2.46. The van der Waals surface area contributed by atoms with Crippen LogP contribution in [0.4, 0.5) is 0 Å². The Balaban J connectivity index is 2.29. The van der Waals surface area contributed by atoms with Crippen molar-refractivity contribution in [3.8, 4) is 11.5 Å². The van der Waals surface area contributed by atoms with Crippen LogP contribution in [0.2, 0.25) is 5.04 Å². The second-order valence-electron chi connectivity index (χ2n) is 7.35. The van der Waals surface area contributed by atoms with Crippen LogP contribution in [0, 0.1) is 11.5 Å². The molecule has 0 spiro atoms. The van der Waals surface area contributed by atoms with Gasteiger partial charge in [-0.1, -0.05) is 106 Å². The van der Waals surface area contributed by atoms with Crippen LogP contribution in [0.15, 0.2) is 91.0 Å². The molecule has 0 fully saturated rings. The quantitative estimate of drug-likeness (QED) is 0.471. The van der Waals surface area contributed by atoms with Crippen molar-refractivity contribution in [1.29, 1.82) is 0 Å². The highest BCUT2D eigenvalue weighted by atomic mass is 28.3. The average molecular weight is 341 g/mol. The van der Waals surface area contributed by atoms with Gasteiger partial charge in [-0.2, -0.15) is 0 Å². The zero-order chi connectivity index (χ0) is 17.8. The highest BCUT2D eigenvalue weighted by Crippen LogP contribution is 2.35. The number of hydrogen-bond donors (Lipinski definition) is 0. The molecule has 3 aromatic rings. The van der Waals surface area contributed by atoms with E-state index in [1.54, 1.807) is 0 Å². The summed E-state index contributed by atoms with van der Waals surface area (Å²) in [5, 5.41) is 2.81. The van der Waals surface area contributed by atoms with Gasteiger partial charge in [-0.15, -0.1) is 5.54 Å². The van der Waals surface area contributed by atoms with Crippen LogP contribution in [0.5, 0.6) is 0 Å². The largest absolute Gasteiger partial charge is 0.204 e. The molecule has 1 heteroatoms. The Morgan fingerprint density at radius 2 is 1.00 bits per heavy atom. The van der Waals surface area contributed by atoms with E-state index < -0.39 is 8.07 Å². The molecule has 0 bridgehead atoms. The van der Waals surface area contributed by atoms with E-state index in [9.17, 15) is 0 Å². The van der Waals surface area contributed by atoms with E-state index in [0.717, 1.165) is 5.56 Å². The van der Waals surface area contributed by atoms with E-state index in [2.05, 4.69) is 117 Å². The fourth-order valence-electron chi connectivity index (χ4n) is 3.43. The minimum Gasteiger partial charge on any atom is -0.114 e. The smallest absolute Gasteiger partial charge is 0.114 e. The Kier molecular flexibility index (Phi) is 4.92. The molecule has 25 heavy (non-hydrogen) atoms. The van der Waals surface area contributed by atoms with Gasteiger partial charge >= 0.3 is 0 Å². The van der Waals surface area contributed by atoms with Crippen molar-refractivity contribution in [2.24, 2.45) is 0 Å². The van der Waals surface area contributed by atoms with Crippen LogP contribution in [0.3, 0.4) is 0 Å². The lowest BCUT2D eigenvalue weighted by molar-refractivity contribution is 0.740. The van der Waals surface area contributed by atoms with E-state index in [1.165, 1.54) is 10.4 Å². The van der Waals surface area contributed by atoms with Crippen molar-refractivity contribution >= 4 is 18.4 Å². The van der Waals surface area contributed by atoms with Gasteiger partial charge < -0.3 is 0 Å². The summed E-state index contributed by atoms with van der Waals surface area (Å²) in [6.45, 7) is 7.00. The zero-order valence-corrected chi connectivity index (χ0v) is 16.2. The van der Waals surface area contributed by atoms with Crippen LogP contribution in [-0.4, -0.2) is 8.07 Å². The molecule has 0 atom stereocenters.